The van der Waals surface area contributed by atoms with Crippen LogP contribution in [0.15, 0.2) is 77.7 Å². The predicted octanol–water partition coefficient (Wildman–Crippen LogP) is 4.85. The second-order valence-corrected chi connectivity index (χ2v) is 7.90. The van der Waals surface area contributed by atoms with E-state index in [1.165, 1.54) is 0 Å². The van der Waals surface area contributed by atoms with Crippen molar-refractivity contribution in [1.82, 2.24) is 19.7 Å². The van der Waals surface area contributed by atoms with Crippen LogP contribution in [0, 0.1) is 0 Å². The Balaban J connectivity index is 1.52. The minimum atomic E-state index is -0.521. The molecule has 0 bridgehead atoms. The van der Waals surface area contributed by atoms with Gasteiger partial charge in [-0.15, -0.1) is 0 Å². The number of halogens is 1. The quantitative estimate of drug-likeness (QED) is 0.412. The number of hydrogen-bond acceptors (Lipinski definition) is 5. The largest absolute Gasteiger partial charge is 0.441 e. The third kappa shape index (κ3) is 4.69. The number of hydrogen-bond donors (Lipinski definition) is 2. The van der Waals surface area contributed by atoms with Crippen LogP contribution < -0.4 is 11.1 Å². The third-order valence-corrected chi connectivity index (χ3v) is 5.53. The minimum Gasteiger partial charge on any atom is -0.441 e. The van der Waals surface area contributed by atoms with Crippen molar-refractivity contribution in [2.45, 2.75) is 25.5 Å². The molecule has 31 heavy (non-hydrogen) atoms. The van der Waals surface area contributed by atoms with E-state index in [1.54, 1.807) is 16.8 Å². The summed E-state index contributed by atoms with van der Waals surface area (Å²) < 4.78 is 8.21. The van der Waals surface area contributed by atoms with Crippen molar-refractivity contribution in [2.24, 2.45) is 0 Å². The van der Waals surface area contributed by atoms with Crippen LogP contribution in [0.5, 0.6) is 0 Å². The molecule has 158 valence electrons. The Morgan fingerprint density at radius 3 is 2.55 bits per heavy atom. The number of alkyl carbamates (subject to hydrolysis) is 1. The monoisotopic (exact) mass is 479 g/mol. The number of rotatable bonds is 6. The van der Waals surface area contributed by atoms with Crippen molar-refractivity contribution in [3.8, 4) is 0 Å². The lowest BCUT2D eigenvalue weighted by Crippen LogP contribution is -2.30. The molecule has 4 rings (SSSR count). The van der Waals surface area contributed by atoms with Crippen molar-refractivity contribution < 1.29 is 9.53 Å². The van der Waals surface area contributed by atoms with Gasteiger partial charge in [0, 0.05) is 18.8 Å². The maximum Gasteiger partial charge on any atom is 0.408 e. The molecule has 0 aliphatic carbocycles. The minimum absolute atomic E-state index is 0.356. The molecule has 4 aromatic rings. The number of nitrogens with zero attached hydrogens (tertiary/aromatic N) is 3. The van der Waals surface area contributed by atoms with Crippen LogP contribution in [-0.4, -0.2) is 20.5 Å². The van der Waals surface area contributed by atoms with Crippen molar-refractivity contribution in [3.05, 3.63) is 94.6 Å². The van der Waals surface area contributed by atoms with Gasteiger partial charge in [-0.05, 0) is 34.0 Å². The van der Waals surface area contributed by atoms with E-state index in [4.69, 9.17) is 10.5 Å². The molecular formula is C23H22BrN5O2. The molecule has 0 radical (unpaired) electrons. The zero-order valence-corrected chi connectivity index (χ0v) is 18.5. The van der Waals surface area contributed by atoms with Gasteiger partial charge in [-0.1, -0.05) is 60.7 Å². The summed E-state index contributed by atoms with van der Waals surface area (Å²) in [5.41, 5.74) is 8.64. The Kier molecular flexibility index (Phi) is 6.18. The van der Waals surface area contributed by atoms with Gasteiger partial charge >= 0.3 is 6.09 Å². The van der Waals surface area contributed by atoms with Crippen LogP contribution in [0.1, 0.15) is 36.0 Å². The first-order valence-electron chi connectivity index (χ1n) is 9.87. The van der Waals surface area contributed by atoms with Crippen LogP contribution in [0.4, 0.5) is 10.6 Å². The highest BCUT2D eigenvalue weighted by Crippen LogP contribution is 2.26. The number of anilines is 1. The van der Waals surface area contributed by atoms with E-state index in [0.29, 0.717) is 28.2 Å². The highest BCUT2D eigenvalue weighted by atomic mass is 79.9. The van der Waals surface area contributed by atoms with Crippen LogP contribution in [0.25, 0.3) is 5.52 Å². The number of amides is 1. The van der Waals surface area contributed by atoms with Gasteiger partial charge in [-0.3, -0.25) is 4.40 Å². The van der Waals surface area contributed by atoms with Gasteiger partial charge in [0.05, 0.1) is 6.04 Å². The van der Waals surface area contributed by atoms with E-state index >= 15 is 0 Å². The van der Waals surface area contributed by atoms with Crippen molar-refractivity contribution in [2.75, 3.05) is 5.73 Å². The fraction of sp³-hybridized carbons (Fsp3) is 0.174. The van der Waals surface area contributed by atoms with Crippen LogP contribution >= 0.6 is 15.9 Å². The topological polar surface area (TPSA) is 94.5 Å². The number of nitrogen functional groups attached to an aromatic ring is 1. The summed E-state index contributed by atoms with van der Waals surface area (Å²) in [5, 5.41) is 2.88. The first kappa shape index (κ1) is 20.9. The number of carbonyl (C=O) groups excluding carboxylic acids is 1. The van der Waals surface area contributed by atoms with E-state index in [2.05, 4.69) is 31.2 Å². The van der Waals surface area contributed by atoms with Gasteiger partial charge in [-0.2, -0.15) is 0 Å². The Bertz CT molecular complexity index is 1180. The molecule has 0 fully saturated rings. The SMILES string of the molecule is CC(NC(=O)O[C@@H](Cc1ccccc1)c1ccccc1)c1nc(Br)c2c(N)nccn12. The number of benzene rings is 2. The molecular weight excluding hydrogens is 458 g/mol. The Morgan fingerprint density at radius 2 is 1.84 bits per heavy atom. The third-order valence-electron chi connectivity index (χ3n) is 4.97. The first-order chi connectivity index (χ1) is 15.0. The van der Waals surface area contributed by atoms with E-state index < -0.39 is 18.2 Å². The van der Waals surface area contributed by atoms with Gasteiger partial charge in [0.15, 0.2) is 5.82 Å². The molecule has 3 N–H and O–H groups in total. The Labute approximate surface area is 188 Å². The molecule has 0 aliphatic heterocycles. The first-order valence-corrected chi connectivity index (χ1v) is 10.7. The molecule has 0 saturated carbocycles. The summed E-state index contributed by atoms with van der Waals surface area (Å²) in [7, 11) is 0. The number of imidazole rings is 1. The fourth-order valence-electron chi connectivity index (χ4n) is 3.48. The summed E-state index contributed by atoms with van der Waals surface area (Å²) in [6.45, 7) is 1.84. The lowest BCUT2D eigenvalue weighted by Gasteiger charge is -2.20. The second-order valence-electron chi connectivity index (χ2n) is 7.15. The molecule has 2 atom stereocenters. The zero-order chi connectivity index (χ0) is 21.8. The van der Waals surface area contributed by atoms with Crippen LogP contribution in [0.3, 0.4) is 0 Å². The number of aromatic nitrogens is 3. The van der Waals surface area contributed by atoms with Crippen molar-refractivity contribution in [3.63, 3.8) is 0 Å². The normalized spacial score (nSPS) is 13.0. The highest BCUT2D eigenvalue weighted by Gasteiger charge is 2.22. The maximum atomic E-state index is 12.8. The fourth-order valence-corrected chi connectivity index (χ4v) is 4.05. The molecule has 8 heteroatoms. The highest BCUT2D eigenvalue weighted by molar-refractivity contribution is 9.10. The van der Waals surface area contributed by atoms with E-state index in [-0.39, 0.29) is 0 Å². The lowest BCUT2D eigenvalue weighted by atomic mass is 10.0. The number of nitrogens with two attached hydrogens (primary N) is 1. The van der Waals surface area contributed by atoms with Gasteiger partial charge in [-0.25, -0.2) is 14.8 Å². The van der Waals surface area contributed by atoms with Crippen LogP contribution in [0.2, 0.25) is 0 Å². The number of carbonyl (C=O) groups is 1. The Hall–Kier alpha value is -3.39. The van der Waals surface area contributed by atoms with Gasteiger partial charge < -0.3 is 15.8 Å². The molecule has 0 spiro atoms. The van der Waals surface area contributed by atoms with E-state index in [0.717, 1.165) is 11.1 Å². The van der Waals surface area contributed by atoms with Gasteiger partial charge in [0.2, 0.25) is 0 Å². The van der Waals surface area contributed by atoms with E-state index in [9.17, 15) is 4.79 Å². The van der Waals surface area contributed by atoms with Gasteiger partial charge in [0.25, 0.3) is 0 Å². The second kappa shape index (κ2) is 9.18. The van der Waals surface area contributed by atoms with Crippen LogP contribution in [-0.2, 0) is 11.2 Å². The number of ether oxygens (including phenoxy) is 1. The van der Waals surface area contributed by atoms with Crippen molar-refractivity contribution >= 4 is 33.4 Å². The average molecular weight is 480 g/mol. The zero-order valence-electron chi connectivity index (χ0n) is 16.9. The summed E-state index contributed by atoms with van der Waals surface area (Å²) in [4.78, 5) is 21.4. The number of fused-ring (bicyclic) bond motifs is 1. The molecule has 7 nitrogen and oxygen atoms in total. The molecule has 1 unspecified atom stereocenters. The average Bonchev–Trinajstić information content (AvgIpc) is 3.12. The smallest absolute Gasteiger partial charge is 0.408 e. The van der Waals surface area contributed by atoms with E-state index in [1.807, 2.05) is 67.6 Å². The molecule has 1 amide bonds. The summed E-state index contributed by atoms with van der Waals surface area (Å²) in [5.74, 6) is 0.974. The molecule has 2 aromatic heterocycles. The molecule has 2 aromatic carbocycles. The summed E-state index contributed by atoms with van der Waals surface area (Å²) >= 11 is 3.42. The Morgan fingerprint density at radius 1 is 1.16 bits per heavy atom. The summed E-state index contributed by atoms with van der Waals surface area (Å²) in [6.07, 6.45) is 2.99. The predicted molar refractivity (Wildman–Crippen MR) is 122 cm³/mol. The summed E-state index contributed by atoms with van der Waals surface area (Å²) in [6, 6.07) is 19.3. The maximum absolute atomic E-state index is 12.8. The lowest BCUT2D eigenvalue weighted by molar-refractivity contribution is 0.0945. The number of nitrogens with one attached hydrogen (secondary N) is 1. The standard InChI is InChI=1S/C23H22BrN5O2/c1-15(22-28-20(24)19-21(25)26-12-13-29(19)22)27-23(30)31-18(17-10-6-3-7-11-17)14-16-8-4-2-5-9-16/h2-13,15,18H,14H2,1H3,(H2,25,26)(H,27,30)/t15?,18-/m0/s1. The molecule has 0 saturated heterocycles. The van der Waals surface area contributed by atoms with Gasteiger partial charge in [0.1, 0.15) is 22.0 Å². The molecule has 0 aliphatic rings. The van der Waals surface area contributed by atoms with Crippen molar-refractivity contribution in [1.29, 1.82) is 0 Å². The molecule has 2 heterocycles.